The van der Waals surface area contributed by atoms with Gasteiger partial charge in [-0.3, -0.25) is 4.57 Å². The summed E-state index contributed by atoms with van der Waals surface area (Å²) in [5, 5.41) is 2.98. The fraction of sp³-hybridized carbons (Fsp3) is 0.235. The molecular formula is C17H16F3N5O. The number of pyridine rings is 2. The van der Waals surface area contributed by atoms with Crippen LogP contribution in [0.1, 0.15) is 19.5 Å². The second kappa shape index (κ2) is 7.03. The Balaban J connectivity index is 1.79. The molecule has 3 heterocycles. The van der Waals surface area contributed by atoms with Gasteiger partial charge in [0.15, 0.2) is 0 Å². The molecule has 0 radical (unpaired) electrons. The summed E-state index contributed by atoms with van der Waals surface area (Å²) >= 11 is 0. The van der Waals surface area contributed by atoms with Gasteiger partial charge in [0.05, 0.1) is 12.3 Å². The number of nitrogens with zero attached hydrogens (tertiary/aromatic N) is 4. The molecule has 1 N–H and O–H groups in total. The van der Waals surface area contributed by atoms with Crippen LogP contribution in [0, 0.1) is 0 Å². The normalized spacial score (nSPS) is 11.6. The first-order valence-corrected chi connectivity index (χ1v) is 7.80. The van der Waals surface area contributed by atoms with Gasteiger partial charge in [-0.1, -0.05) is 12.1 Å². The van der Waals surface area contributed by atoms with Crippen LogP contribution < -0.4 is 10.1 Å². The van der Waals surface area contributed by atoms with Gasteiger partial charge in [0.2, 0.25) is 5.88 Å². The molecule has 26 heavy (non-hydrogen) atoms. The maximum atomic E-state index is 12.8. The largest absolute Gasteiger partial charge is 0.475 e. The number of anilines is 2. The summed E-state index contributed by atoms with van der Waals surface area (Å²) < 4.78 is 45.3. The molecule has 0 spiro atoms. The Kier molecular flexibility index (Phi) is 4.79. The molecule has 136 valence electrons. The van der Waals surface area contributed by atoms with Gasteiger partial charge < -0.3 is 10.1 Å². The van der Waals surface area contributed by atoms with Crippen LogP contribution in [0.15, 0.2) is 48.9 Å². The van der Waals surface area contributed by atoms with E-state index in [0.29, 0.717) is 17.5 Å². The molecule has 0 aliphatic rings. The Morgan fingerprint density at radius 3 is 2.54 bits per heavy atom. The molecule has 0 aromatic carbocycles. The summed E-state index contributed by atoms with van der Waals surface area (Å²) in [7, 11) is 0. The fourth-order valence-electron chi connectivity index (χ4n) is 2.16. The predicted octanol–water partition coefficient (Wildman–Crippen LogP) is 4.21. The molecule has 0 bridgehead atoms. The highest BCUT2D eigenvalue weighted by atomic mass is 19.4. The summed E-state index contributed by atoms with van der Waals surface area (Å²) in [5.74, 6) is 1.50. The minimum Gasteiger partial charge on any atom is -0.475 e. The van der Waals surface area contributed by atoms with Gasteiger partial charge in [-0.2, -0.15) is 18.2 Å². The Labute approximate surface area is 147 Å². The van der Waals surface area contributed by atoms with Crippen LogP contribution in [-0.2, 0) is 6.18 Å². The zero-order valence-corrected chi connectivity index (χ0v) is 14.0. The average Bonchev–Trinajstić information content (AvgIpc) is 3.02. The van der Waals surface area contributed by atoms with Crippen molar-refractivity contribution in [3.63, 3.8) is 0 Å². The first-order valence-electron chi connectivity index (χ1n) is 7.80. The zero-order valence-electron chi connectivity index (χ0n) is 14.0. The molecule has 3 rings (SSSR count). The van der Waals surface area contributed by atoms with Crippen molar-refractivity contribution < 1.29 is 17.9 Å². The first-order chi connectivity index (χ1) is 12.3. The summed E-state index contributed by atoms with van der Waals surface area (Å²) in [4.78, 5) is 12.0. The maximum absolute atomic E-state index is 12.8. The molecule has 0 unspecified atom stereocenters. The van der Waals surface area contributed by atoms with Crippen LogP contribution >= 0.6 is 0 Å². The van der Waals surface area contributed by atoms with E-state index in [2.05, 4.69) is 20.3 Å². The lowest BCUT2D eigenvalue weighted by molar-refractivity contribution is -0.141. The Morgan fingerprint density at radius 1 is 1.04 bits per heavy atom. The van der Waals surface area contributed by atoms with Gasteiger partial charge in [-0.05, 0) is 32.0 Å². The van der Waals surface area contributed by atoms with Crippen molar-refractivity contribution in [2.75, 3.05) is 5.32 Å². The topological polar surface area (TPSA) is 64.9 Å². The summed E-state index contributed by atoms with van der Waals surface area (Å²) in [5.41, 5.74) is -0.960. The van der Waals surface area contributed by atoms with Crippen LogP contribution in [0.25, 0.3) is 5.82 Å². The molecule has 0 atom stereocenters. The smallest absolute Gasteiger partial charge is 0.433 e. The SMILES string of the molecule is CC(C)Oc1cccc(Nc2cn(-c3cccc(C(F)(F)F)n3)cn2)n1. The van der Waals surface area contributed by atoms with Gasteiger partial charge in [0, 0.05) is 6.07 Å². The number of halogens is 3. The van der Waals surface area contributed by atoms with Gasteiger partial charge in [0.1, 0.15) is 29.5 Å². The van der Waals surface area contributed by atoms with Crippen LogP contribution in [0.5, 0.6) is 5.88 Å². The minimum absolute atomic E-state index is 0.0102. The number of imidazole rings is 1. The number of ether oxygens (including phenoxy) is 1. The summed E-state index contributed by atoms with van der Waals surface area (Å²) in [6, 6.07) is 8.93. The van der Waals surface area contributed by atoms with Crippen molar-refractivity contribution in [1.82, 2.24) is 19.5 Å². The minimum atomic E-state index is -4.50. The van der Waals surface area contributed by atoms with E-state index in [-0.39, 0.29) is 11.9 Å². The van der Waals surface area contributed by atoms with Crippen molar-refractivity contribution in [2.45, 2.75) is 26.1 Å². The molecule has 6 nitrogen and oxygen atoms in total. The van der Waals surface area contributed by atoms with Crippen molar-refractivity contribution in [3.05, 3.63) is 54.6 Å². The Morgan fingerprint density at radius 2 is 1.81 bits per heavy atom. The molecule has 0 saturated heterocycles. The quantitative estimate of drug-likeness (QED) is 0.736. The van der Waals surface area contributed by atoms with Crippen LogP contribution in [0.4, 0.5) is 24.8 Å². The highest BCUT2D eigenvalue weighted by molar-refractivity contribution is 5.52. The van der Waals surface area contributed by atoms with Crippen molar-refractivity contribution in [1.29, 1.82) is 0 Å². The van der Waals surface area contributed by atoms with Crippen LogP contribution in [0.2, 0.25) is 0 Å². The number of aromatic nitrogens is 4. The molecule has 0 fully saturated rings. The van der Waals surface area contributed by atoms with Crippen molar-refractivity contribution in [2.24, 2.45) is 0 Å². The van der Waals surface area contributed by atoms with Gasteiger partial charge >= 0.3 is 6.18 Å². The summed E-state index contributed by atoms with van der Waals surface area (Å²) in [6.07, 6.45) is -1.61. The average molecular weight is 363 g/mol. The van der Waals surface area contributed by atoms with E-state index in [1.807, 2.05) is 13.8 Å². The molecule has 0 amide bonds. The first kappa shape index (κ1) is 17.7. The van der Waals surface area contributed by atoms with E-state index in [9.17, 15) is 13.2 Å². The molecule has 3 aromatic rings. The second-order valence-corrected chi connectivity index (χ2v) is 5.70. The number of rotatable bonds is 5. The summed E-state index contributed by atoms with van der Waals surface area (Å²) in [6.45, 7) is 3.79. The second-order valence-electron chi connectivity index (χ2n) is 5.70. The molecule has 0 aliphatic carbocycles. The van der Waals surface area contributed by atoms with E-state index in [1.165, 1.54) is 29.2 Å². The number of hydrogen-bond donors (Lipinski definition) is 1. The van der Waals surface area contributed by atoms with Gasteiger partial charge in [-0.15, -0.1) is 0 Å². The number of hydrogen-bond acceptors (Lipinski definition) is 5. The number of nitrogens with one attached hydrogen (secondary N) is 1. The van der Waals surface area contributed by atoms with E-state index in [0.717, 1.165) is 6.07 Å². The molecule has 0 aliphatic heterocycles. The molecule has 3 aromatic heterocycles. The molecule has 9 heteroatoms. The molecule has 0 saturated carbocycles. The lowest BCUT2D eigenvalue weighted by Gasteiger charge is -2.10. The standard InChI is InChI=1S/C17H16F3N5O/c1-11(2)26-16-8-4-6-13(24-16)23-14-9-25(10-21-14)15-7-3-5-12(22-15)17(18,19)20/h3-11H,1-2H3,(H,23,24). The van der Waals surface area contributed by atoms with Gasteiger partial charge in [-0.25, -0.2) is 9.97 Å². The third-order valence-corrected chi connectivity index (χ3v) is 3.21. The van der Waals surface area contributed by atoms with E-state index < -0.39 is 11.9 Å². The van der Waals surface area contributed by atoms with Crippen LogP contribution in [0.3, 0.4) is 0 Å². The monoisotopic (exact) mass is 363 g/mol. The Hall–Kier alpha value is -3.10. The fourth-order valence-corrected chi connectivity index (χ4v) is 2.16. The third kappa shape index (κ3) is 4.29. The zero-order chi connectivity index (χ0) is 18.7. The predicted molar refractivity (Wildman–Crippen MR) is 89.6 cm³/mol. The Bertz CT molecular complexity index is 892. The van der Waals surface area contributed by atoms with Crippen molar-refractivity contribution in [3.8, 4) is 11.7 Å². The lowest BCUT2D eigenvalue weighted by Crippen LogP contribution is -2.09. The van der Waals surface area contributed by atoms with E-state index in [4.69, 9.17) is 4.74 Å². The molecular weight excluding hydrogens is 347 g/mol. The highest BCUT2D eigenvalue weighted by Crippen LogP contribution is 2.28. The lowest BCUT2D eigenvalue weighted by atomic mass is 10.3. The van der Waals surface area contributed by atoms with Crippen molar-refractivity contribution >= 4 is 11.6 Å². The number of alkyl halides is 3. The highest BCUT2D eigenvalue weighted by Gasteiger charge is 2.32. The van der Waals surface area contributed by atoms with Crippen LogP contribution in [-0.4, -0.2) is 25.6 Å². The maximum Gasteiger partial charge on any atom is 0.433 e. The van der Waals surface area contributed by atoms with E-state index in [1.54, 1.807) is 18.2 Å². The van der Waals surface area contributed by atoms with Gasteiger partial charge in [0.25, 0.3) is 0 Å². The third-order valence-electron chi connectivity index (χ3n) is 3.21. The van der Waals surface area contributed by atoms with E-state index >= 15 is 0 Å².